The van der Waals surface area contributed by atoms with Gasteiger partial charge >= 0.3 is 0 Å². The van der Waals surface area contributed by atoms with E-state index in [0.717, 1.165) is 35.5 Å². The molecule has 6 heteroatoms. The molecule has 0 atom stereocenters. The van der Waals surface area contributed by atoms with Crippen molar-refractivity contribution in [2.75, 3.05) is 6.54 Å². The molecule has 1 N–H and O–H groups in total. The van der Waals surface area contributed by atoms with E-state index in [2.05, 4.69) is 46.7 Å². The summed E-state index contributed by atoms with van der Waals surface area (Å²) in [6.07, 6.45) is 7.97. The SMILES string of the molecule is Cc1ccc(Cn2nc(C)c(C=CC(=O)NCCc3cnn(C)c3)c2C)cc1. The van der Waals surface area contributed by atoms with E-state index < -0.39 is 0 Å². The normalized spacial score (nSPS) is 11.3. The molecule has 1 aromatic carbocycles. The van der Waals surface area contributed by atoms with Crippen LogP contribution in [0.25, 0.3) is 6.08 Å². The van der Waals surface area contributed by atoms with Gasteiger partial charge in [0.15, 0.2) is 0 Å². The van der Waals surface area contributed by atoms with Crippen LogP contribution in [-0.4, -0.2) is 32.0 Å². The summed E-state index contributed by atoms with van der Waals surface area (Å²) in [4.78, 5) is 12.1. The number of amides is 1. The molecule has 1 amide bonds. The first-order valence-electron chi connectivity index (χ1n) is 9.45. The number of carbonyl (C=O) groups excluding carboxylic acids is 1. The van der Waals surface area contributed by atoms with Crippen molar-refractivity contribution in [2.24, 2.45) is 7.05 Å². The molecule has 0 aliphatic heterocycles. The zero-order valence-corrected chi connectivity index (χ0v) is 16.9. The van der Waals surface area contributed by atoms with Crippen LogP contribution in [0, 0.1) is 20.8 Å². The van der Waals surface area contributed by atoms with Gasteiger partial charge in [-0.25, -0.2) is 0 Å². The summed E-state index contributed by atoms with van der Waals surface area (Å²) in [5.74, 6) is -0.103. The van der Waals surface area contributed by atoms with Crippen LogP contribution in [0.5, 0.6) is 0 Å². The zero-order valence-electron chi connectivity index (χ0n) is 16.9. The topological polar surface area (TPSA) is 64.7 Å². The molecule has 146 valence electrons. The molecule has 2 heterocycles. The van der Waals surface area contributed by atoms with Crippen LogP contribution in [0.1, 0.15) is 33.6 Å². The van der Waals surface area contributed by atoms with E-state index in [4.69, 9.17) is 0 Å². The molecular weight excluding hydrogens is 350 g/mol. The standard InChI is InChI=1S/C22H27N5O/c1-16-5-7-19(8-6-16)15-27-18(3)21(17(2)25-27)9-10-22(28)23-12-11-20-13-24-26(4)14-20/h5-10,13-14H,11-12,15H2,1-4H3,(H,23,28). The molecule has 0 spiro atoms. The summed E-state index contributed by atoms with van der Waals surface area (Å²) in [6, 6.07) is 8.46. The van der Waals surface area contributed by atoms with Crippen molar-refractivity contribution >= 4 is 12.0 Å². The fourth-order valence-corrected chi connectivity index (χ4v) is 3.12. The lowest BCUT2D eigenvalue weighted by Crippen LogP contribution is -2.23. The zero-order chi connectivity index (χ0) is 20.1. The minimum Gasteiger partial charge on any atom is -0.352 e. The maximum Gasteiger partial charge on any atom is 0.244 e. The van der Waals surface area contributed by atoms with E-state index >= 15 is 0 Å². The van der Waals surface area contributed by atoms with Crippen molar-refractivity contribution in [1.29, 1.82) is 0 Å². The van der Waals surface area contributed by atoms with E-state index in [-0.39, 0.29) is 5.91 Å². The predicted molar refractivity (Wildman–Crippen MR) is 111 cm³/mol. The number of nitrogens with zero attached hydrogens (tertiary/aromatic N) is 4. The van der Waals surface area contributed by atoms with Gasteiger partial charge in [0, 0.05) is 37.1 Å². The quantitative estimate of drug-likeness (QED) is 0.644. The van der Waals surface area contributed by atoms with Crippen LogP contribution in [0.15, 0.2) is 42.7 Å². The Morgan fingerprint density at radius 1 is 1.14 bits per heavy atom. The first kappa shape index (κ1) is 19.6. The highest BCUT2D eigenvalue weighted by Crippen LogP contribution is 2.16. The molecule has 3 rings (SSSR count). The Morgan fingerprint density at radius 2 is 1.89 bits per heavy atom. The summed E-state index contributed by atoms with van der Waals surface area (Å²) < 4.78 is 3.75. The van der Waals surface area contributed by atoms with Crippen molar-refractivity contribution in [3.63, 3.8) is 0 Å². The number of aromatic nitrogens is 4. The summed E-state index contributed by atoms with van der Waals surface area (Å²) in [5.41, 5.74) is 6.53. The van der Waals surface area contributed by atoms with Crippen molar-refractivity contribution in [3.8, 4) is 0 Å². The van der Waals surface area contributed by atoms with E-state index in [1.54, 1.807) is 10.8 Å². The van der Waals surface area contributed by atoms with Crippen molar-refractivity contribution in [1.82, 2.24) is 24.9 Å². The number of aryl methyl sites for hydroxylation is 3. The monoisotopic (exact) mass is 377 g/mol. The van der Waals surface area contributed by atoms with Gasteiger partial charge in [0.1, 0.15) is 0 Å². The Morgan fingerprint density at radius 3 is 2.57 bits per heavy atom. The number of hydrogen-bond acceptors (Lipinski definition) is 3. The third-order valence-electron chi connectivity index (χ3n) is 4.76. The second-order valence-corrected chi connectivity index (χ2v) is 7.12. The van der Waals surface area contributed by atoms with Gasteiger partial charge in [0.25, 0.3) is 0 Å². The Balaban J connectivity index is 1.59. The lowest BCUT2D eigenvalue weighted by Gasteiger charge is -2.05. The van der Waals surface area contributed by atoms with Gasteiger partial charge in [0.2, 0.25) is 5.91 Å². The van der Waals surface area contributed by atoms with Gasteiger partial charge in [0.05, 0.1) is 18.4 Å². The minimum absolute atomic E-state index is 0.103. The van der Waals surface area contributed by atoms with E-state index in [9.17, 15) is 4.79 Å². The van der Waals surface area contributed by atoms with Crippen molar-refractivity contribution < 1.29 is 4.79 Å². The van der Waals surface area contributed by atoms with Gasteiger partial charge in [-0.1, -0.05) is 29.8 Å². The molecular formula is C22H27N5O. The third kappa shape index (κ3) is 4.97. The first-order chi connectivity index (χ1) is 13.4. The molecule has 0 radical (unpaired) electrons. The van der Waals surface area contributed by atoms with Crippen molar-refractivity contribution in [2.45, 2.75) is 33.7 Å². The third-order valence-corrected chi connectivity index (χ3v) is 4.76. The largest absolute Gasteiger partial charge is 0.352 e. The van der Waals surface area contributed by atoms with Crippen LogP contribution in [-0.2, 0) is 24.8 Å². The Bertz CT molecular complexity index is 979. The number of hydrogen-bond donors (Lipinski definition) is 1. The van der Waals surface area contributed by atoms with E-state index in [1.165, 1.54) is 11.1 Å². The highest BCUT2D eigenvalue weighted by molar-refractivity contribution is 5.92. The number of carbonyl (C=O) groups is 1. The Hall–Kier alpha value is -3.15. The Kier molecular flexibility index (Phi) is 6.09. The average molecular weight is 377 g/mol. The van der Waals surface area contributed by atoms with E-state index in [0.29, 0.717) is 6.54 Å². The van der Waals surface area contributed by atoms with Crippen molar-refractivity contribution in [3.05, 3.63) is 76.4 Å². The van der Waals surface area contributed by atoms with Crippen LogP contribution < -0.4 is 5.32 Å². The number of nitrogens with one attached hydrogen (secondary N) is 1. The van der Waals surface area contributed by atoms with Gasteiger partial charge in [-0.3, -0.25) is 14.2 Å². The summed E-state index contributed by atoms with van der Waals surface area (Å²) in [6.45, 7) is 7.39. The maximum absolute atomic E-state index is 12.1. The molecule has 28 heavy (non-hydrogen) atoms. The van der Waals surface area contributed by atoms with Gasteiger partial charge in [-0.2, -0.15) is 10.2 Å². The van der Waals surface area contributed by atoms with Gasteiger partial charge < -0.3 is 5.32 Å². The fourth-order valence-electron chi connectivity index (χ4n) is 3.12. The highest BCUT2D eigenvalue weighted by Gasteiger charge is 2.10. The highest BCUT2D eigenvalue weighted by atomic mass is 16.1. The molecule has 2 aromatic heterocycles. The number of benzene rings is 1. The molecule has 0 fully saturated rings. The fraction of sp³-hybridized carbons (Fsp3) is 0.318. The molecule has 0 saturated carbocycles. The second kappa shape index (κ2) is 8.69. The van der Waals surface area contributed by atoms with Crippen LogP contribution in [0.3, 0.4) is 0 Å². The molecule has 0 unspecified atom stereocenters. The molecule has 0 saturated heterocycles. The lowest BCUT2D eigenvalue weighted by molar-refractivity contribution is -0.116. The molecule has 3 aromatic rings. The lowest BCUT2D eigenvalue weighted by atomic mass is 10.1. The minimum atomic E-state index is -0.103. The smallest absolute Gasteiger partial charge is 0.244 e. The van der Waals surface area contributed by atoms with Crippen LogP contribution >= 0.6 is 0 Å². The predicted octanol–water partition coefficient (Wildman–Crippen LogP) is 2.96. The molecule has 0 aliphatic carbocycles. The first-order valence-corrected chi connectivity index (χ1v) is 9.45. The number of rotatable bonds is 7. The van der Waals surface area contributed by atoms with Crippen LogP contribution in [0.2, 0.25) is 0 Å². The summed E-state index contributed by atoms with van der Waals surface area (Å²) in [7, 11) is 1.88. The van der Waals surface area contributed by atoms with Gasteiger partial charge in [-0.05, 0) is 44.4 Å². The Labute approximate surface area is 165 Å². The van der Waals surface area contributed by atoms with E-state index in [1.807, 2.05) is 44.0 Å². The molecule has 0 aliphatic rings. The molecule has 0 bridgehead atoms. The summed E-state index contributed by atoms with van der Waals surface area (Å²) in [5, 5.41) is 11.7. The second-order valence-electron chi connectivity index (χ2n) is 7.12. The van der Waals surface area contributed by atoms with Gasteiger partial charge in [-0.15, -0.1) is 0 Å². The molecule has 6 nitrogen and oxygen atoms in total. The summed E-state index contributed by atoms with van der Waals surface area (Å²) >= 11 is 0. The maximum atomic E-state index is 12.1. The van der Waals surface area contributed by atoms with Crippen LogP contribution in [0.4, 0.5) is 0 Å². The average Bonchev–Trinajstić information content (AvgIpc) is 3.18.